The van der Waals surface area contributed by atoms with Gasteiger partial charge in [0.15, 0.2) is 0 Å². The van der Waals surface area contributed by atoms with E-state index in [1.807, 2.05) is 74.5 Å². The first-order valence-electron chi connectivity index (χ1n) is 6.14. The highest BCUT2D eigenvalue weighted by Crippen LogP contribution is 2.30. The van der Waals surface area contributed by atoms with Crippen LogP contribution in [0, 0.1) is 0 Å². The smallest absolute Gasteiger partial charge is 0.247 e. The zero-order chi connectivity index (χ0) is 13.9. The molecule has 19 heavy (non-hydrogen) atoms. The van der Waals surface area contributed by atoms with Gasteiger partial charge in [-0.25, -0.2) is 0 Å². The average molecular weight is 318 g/mol. The minimum absolute atomic E-state index is 0.00454. The molecule has 0 bridgehead atoms. The Hall–Kier alpha value is -1.61. The summed E-state index contributed by atoms with van der Waals surface area (Å²) in [7, 11) is 0. The van der Waals surface area contributed by atoms with Crippen LogP contribution in [0.1, 0.15) is 13.8 Å². The van der Waals surface area contributed by atoms with Gasteiger partial charge in [-0.15, -0.1) is 0 Å². The Morgan fingerprint density at radius 3 is 1.58 bits per heavy atom. The third kappa shape index (κ3) is 3.24. The second-order valence-electron chi connectivity index (χ2n) is 4.78. The lowest BCUT2D eigenvalue weighted by Crippen LogP contribution is -2.38. The lowest BCUT2D eigenvalue weighted by atomic mass is 10.1. The molecule has 0 aliphatic carbocycles. The molecule has 0 fully saturated rings. The molecule has 2 aromatic carbocycles. The molecule has 0 aliphatic rings. The molecule has 0 atom stereocenters. The summed E-state index contributed by atoms with van der Waals surface area (Å²) in [6.07, 6.45) is 0. The summed E-state index contributed by atoms with van der Waals surface area (Å²) in [4.78, 5) is 14.4. The normalized spacial score (nSPS) is 11.1. The molecule has 3 heteroatoms. The fraction of sp³-hybridized carbons (Fsp3) is 0.188. The molecule has 2 rings (SSSR count). The van der Waals surface area contributed by atoms with Crippen molar-refractivity contribution in [1.82, 2.24) is 0 Å². The quantitative estimate of drug-likeness (QED) is 0.762. The summed E-state index contributed by atoms with van der Waals surface area (Å²) in [5, 5.41) is 0. The van der Waals surface area contributed by atoms with E-state index in [1.54, 1.807) is 4.90 Å². The lowest BCUT2D eigenvalue weighted by Gasteiger charge is -2.28. The summed E-state index contributed by atoms with van der Waals surface area (Å²) in [6, 6.07) is 19.3. The van der Waals surface area contributed by atoms with Crippen LogP contribution < -0.4 is 4.90 Å². The standard InChI is InChI=1S/C16H16BrNO/c1-16(2,17)15(19)18(13-9-5-3-6-10-13)14-11-7-4-8-12-14/h3-12H,1-2H3. The maximum absolute atomic E-state index is 12.6. The number of benzene rings is 2. The number of alkyl halides is 1. The van der Waals surface area contributed by atoms with Crippen LogP contribution in [-0.4, -0.2) is 10.2 Å². The van der Waals surface area contributed by atoms with Crippen molar-refractivity contribution in [2.45, 2.75) is 18.2 Å². The number of para-hydroxylation sites is 2. The van der Waals surface area contributed by atoms with Crippen LogP contribution in [0.3, 0.4) is 0 Å². The van der Waals surface area contributed by atoms with Crippen molar-refractivity contribution in [3.8, 4) is 0 Å². The highest BCUT2D eigenvalue weighted by Gasteiger charge is 2.30. The van der Waals surface area contributed by atoms with Crippen LogP contribution in [0.5, 0.6) is 0 Å². The molecule has 0 saturated heterocycles. The van der Waals surface area contributed by atoms with Gasteiger partial charge in [0.2, 0.25) is 5.91 Å². The van der Waals surface area contributed by atoms with Crippen molar-refractivity contribution in [3.63, 3.8) is 0 Å². The summed E-state index contributed by atoms with van der Waals surface area (Å²) in [5.74, 6) is 0.00454. The SMILES string of the molecule is CC(C)(Br)C(=O)N(c1ccccc1)c1ccccc1. The maximum atomic E-state index is 12.6. The Morgan fingerprint density at radius 1 is 0.895 bits per heavy atom. The molecule has 98 valence electrons. The topological polar surface area (TPSA) is 20.3 Å². The molecule has 1 amide bonds. The molecule has 0 radical (unpaired) electrons. The second-order valence-corrected chi connectivity index (χ2v) is 6.77. The van der Waals surface area contributed by atoms with E-state index in [-0.39, 0.29) is 5.91 Å². The third-order valence-corrected chi connectivity index (χ3v) is 3.08. The maximum Gasteiger partial charge on any atom is 0.247 e. The van der Waals surface area contributed by atoms with Crippen molar-refractivity contribution in [3.05, 3.63) is 60.7 Å². The van der Waals surface area contributed by atoms with Gasteiger partial charge in [0, 0.05) is 11.4 Å². The average Bonchev–Trinajstić information content (AvgIpc) is 2.40. The first-order valence-corrected chi connectivity index (χ1v) is 6.93. The fourth-order valence-corrected chi connectivity index (χ4v) is 1.98. The predicted octanol–water partition coefficient (Wildman–Crippen LogP) is 4.52. The van der Waals surface area contributed by atoms with E-state index in [0.717, 1.165) is 11.4 Å². The van der Waals surface area contributed by atoms with Crippen molar-refractivity contribution in [1.29, 1.82) is 0 Å². The summed E-state index contributed by atoms with van der Waals surface area (Å²) >= 11 is 3.45. The Bertz CT molecular complexity index is 506. The number of carbonyl (C=O) groups is 1. The molecule has 0 N–H and O–H groups in total. The summed E-state index contributed by atoms with van der Waals surface area (Å²) < 4.78 is -0.612. The third-order valence-electron chi connectivity index (χ3n) is 2.74. The molecule has 0 aliphatic heterocycles. The number of halogens is 1. The molecule has 0 unspecified atom stereocenters. The Labute approximate surface area is 122 Å². The van der Waals surface area contributed by atoms with Gasteiger partial charge in [-0.05, 0) is 38.1 Å². The number of nitrogens with zero attached hydrogens (tertiary/aromatic N) is 1. The van der Waals surface area contributed by atoms with Gasteiger partial charge < -0.3 is 0 Å². The first kappa shape index (κ1) is 13.8. The number of rotatable bonds is 3. The summed E-state index contributed by atoms with van der Waals surface area (Å²) in [6.45, 7) is 3.71. The highest BCUT2D eigenvalue weighted by molar-refractivity contribution is 9.10. The number of hydrogen-bond acceptors (Lipinski definition) is 1. The second kappa shape index (κ2) is 5.57. The van der Waals surface area contributed by atoms with E-state index in [2.05, 4.69) is 15.9 Å². The monoisotopic (exact) mass is 317 g/mol. The van der Waals surface area contributed by atoms with Crippen LogP contribution in [0.15, 0.2) is 60.7 Å². The molecule has 0 heterocycles. The van der Waals surface area contributed by atoms with Gasteiger partial charge in [-0.3, -0.25) is 9.69 Å². The minimum atomic E-state index is -0.612. The highest BCUT2D eigenvalue weighted by atomic mass is 79.9. The molecular weight excluding hydrogens is 302 g/mol. The van der Waals surface area contributed by atoms with Crippen LogP contribution in [-0.2, 0) is 4.79 Å². The van der Waals surface area contributed by atoms with Crippen molar-refractivity contribution >= 4 is 33.2 Å². The molecular formula is C16H16BrNO. The van der Waals surface area contributed by atoms with Gasteiger partial charge >= 0.3 is 0 Å². The van der Waals surface area contributed by atoms with Crippen molar-refractivity contribution in [2.75, 3.05) is 4.90 Å². The first-order chi connectivity index (χ1) is 9.00. The lowest BCUT2D eigenvalue weighted by molar-refractivity contribution is -0.119. The van der Waals surface area contributed by atoms with Crippen LogP contribution in [0.25, 0.3) is 0 Å². The summed E-state index contributed by atoms with van der Waals surface area (Å²) in [5.41, 5.74) is 1.73. The molecule has 0 spiro atoms. The van der Waals surface area contributed by atoms with E-state index < -0.39 is 4.32 Å². The van der Waals surface area contributed by atoms with Gasteiger partial charge in [0.25, 0.3) is 0 Å². The zero-order valence-electron chi connectivity index (χ0n) is 11.0. The van der Waals surface area contributed by atoms with E-state index in [1.165, 1.54) is 0 Å². The van der Waals surface area contributed by atoms with Crippen molar-refractivity contribution in [2.24, 2.45) is 0 Å². The van der Waals surface area contributed by atoms with Crippen molar-refractivity contribution < 1.29 is 4.79 Å². The van der Waals surface area contributed by atoms with E-state index in [9.17, 15) is 4.79 Å². The molecule has 2 nitrogen and oxygen atoms in total. The Kier molecular flexibility index (Phi) is 4.05. The van der Waals surface area contributed by atoms with Gasteiger partial charge in [-0.1, -0.05) is 52.3 Å². The molecule has 0 saturated carbocycles. The Morgan fingerprint density at radius 2 is 1.26 bits per heavy atom. The van der Waals surface area contributed by atoms with E-state index >= 15 is 0 Å². The van der Waals surface area contributed by atoms with E-state index in [4.69, 9.17) is 0 Å². The van der Waals surface area contributed by atoms with E-state index in [0.29, 0.717) is 0 Å². The van der Waals surface area contributed by atoms with Crippen LogP contribution in [0.4, 0.5) is 11.4 Å². The number of carbonyl (C=O) groups excluding carboxylic acids is 1. The molecule has 2 aromatic rings. The van der Waals surface area contributed by atoms with Crippen LogP contribution >= 0.6 is 15.9 Å². The predicted molar refractivity (Wildman–Crippen MR) is 83.0 cm³/mol. The number of hydrogen-bond donors (Lipinski definition) is 0. The largest absolute Gasteiger partial charge is 0.280 e. The van der Waals surface area contributed by atoms with Gasteiger partial charge in [-0.2, -0.15) is 0 Å². The van der Waals surface area contributed by atoms with Gasteiger partial charge in [0.1, 0.15) is 0 Å². The number of amides is 1. The minimum Gasteiger partial charge on any atom is -0.280 e. The van der Waals surface area contributed by atoms with Gasteiger partial charge in [0.05, 0.1) is 4.32 Å². The number of anilines is 2. The molecule has 0 aromatic heterocycles. The zero-order valence-corrected chi connectivity index (χ0v) is 12.6. The van der Waals surface area contributed by atoms with Crippen LogP contribution in [0.2, 0.25) is 0 Å². The fourth-order valence-electron chi connectivity index (χ4n) is 1.80. The Balaban J connectivity index is 2.49.